The van der Waals surface area contributed by atoms with Crippen molar-refractivity contribution >= 4 is 34.3 Å². The van der Waals surface area contributed by atoms with E-state index in [1.54, 1.807) is 50.6 Å². The van der Waals surface area contributed by atoms with Crippen LogP contribution in [0, 0.1) is 0 Å². The van der Waals surface area contributed by atoms with Crippen molar-refractivity contribution in [3.8, 4) is 11.5 Å². The van der Waals surface area contributed by atoms with Crippen LogP contribution in [0.25, 0.3) is 10.9 Å². The Labute approximate surface area is 178 Å². The fourth-order valence-corrected chi connectivity index (χ4v) is 3.69. The molecule has 0 bridgehead atoms. The molecule has 9 heteroatoms. The molecule has 1 N–H and O–H groups in total. The number of rotatable bonds is 9. The zero-order chi connectivity index (χ0) is 21.5. The van der Waals surface area contributed by atoms with E-state index in [1.165, 1.54) is 23.4 Å². The zero-order valence-corrected chi connectivity index (χ0v) is 17.8. The quantitative estimate of drug-likeness (QED) is 0.413. The van der Waals surface area contributed by atoms with E-state index in [-0.39, 0.29) is 17.2 Å². The number of methoxy groups -OCH3 is 3. The van der Waals surface area contributed by atoms with Gasteiger partial charge >= 0.3 is 0 Å². The Kier molecular flexibility index (Phi) is 7.31. The number of ether oxygens (including phenoxy) is 3. The summed E-state index contributed by atoms with van der Waals surface area (Å²) < 4.78 is 17.1. The van der Waals surface area contributed by atoms with Gasteiger partial charge in [0.1, 0.15) is 11.5 Å². The Balaban J connectivity index is 1.81. The highest BCUT2D eigenvalue weighted by molar-refractivity contribution is 7.99. The van der Waals surface area contributed by atoms with E-state index < -0.39 is 0 Å². The van der Waals surface area contributed by atoms with Crippen LogP contribution >= 0.6 is 11.8 Å². The summed E-state index contributed by atoms with van der Waals surface area (Å²) in [5, 5.41) is 3.81. The number of carbonyl (C=O) groups is 1. The number of para-hydroxylation sites is 1. The molecule has 0 fully saturated rings. The van der Waals surface area contributed by atoms with E-state index in [0.29, 0.717) is 46.4 Å². The van der Waals surface area contributed by atoms with E-state index >= 15 is 0 Å². The van der Waals surface area contributed by atoms with Crippen molar-refractivity contribution < 1.29 is 19.0 Å². The average molecular weight is 429 g/mol. The molecule has 0 radical (unpaired) electrons. The molecule has 0 saturated heterocycles. The maximum Gasteiger partial charge on any atom is 0.262 e. The molecule has 1 amide bonds. The third-order valence-electron chi connectivity index (χ3n) is 4.36. The largest absolute Gasteiger partial charge is 0.497 e. The van der Waals surface area contributed by atoms with Crippen LogP contribution in [-0.4, -0.2) is 49.1 Å². The first kappa shape index (κ1) is 21.7. The summed E-state index contributed by atoms with van der Waals surface area (Å²) >= 11 is 1.19. The van der Waals surface area contributed by atoms with E-state index in [2.05, 4.69) is 10.3 Å². The van der Waals surface area contributed by atoms with E-state index in [4.69, 9.17) is 14.2 Å². The highest BCUT2D eigenvalue weighted by Crippen LogP contribution is 2.29. The normalized spacial score (nSPS) is 10.8. The number of hydrogen-bond donors (Lipinski definition) is 1. The van der Waals surface area contributed by atoms with Gasteiger partial charge < -0.3 is 19.5 Å². The molecule has 0 atom stereocenters. The second-order valence-corrected chi connectivity index (χ2v) is 7.21. The van der Waals surface area contributed by atoms with Crippen molar-refractivity contribution in [1.82, 2.24) is 9.55 Å². The minimum absolute atomic E-state index is 0.0676. The lowest BCUT2D eigenvalue weighted by Gasteiger charge is -2.14. The number of carbonyl (C=O) groups excluding carboxylic acids is 1. The SMILES string of the molecule is COCCn1c(SCC(=O)Nc2cc(OC)ccc2OC)nc2ccccc2c1=O. The van der Waals surface area contributed by atoms with E-state index in [1.807, 2.05) is 6.07 Å². The Morgan fingerprint density at radius 2 is 1.93 bits per heavy atom. The fourth-order valence-electron chi connectivity index (χ4n) is 2.87. The molecule has 2 aromatic carbocycles. The van der Waals surface area contributed by atoms with Gasteiger partial charge in [0.05, 0.1) is 49.7 Å². The average Bonchev–Trinajstić information content (AvgIpc) is 2.77. The number of thioether (sulfide) groups is 1. The van der Waals surface area contributed by atoms with Crippen LogP contribution < -0.4 is 20.3 Å². The Hall–Kier alpha value is -3.04. The molecular formula is C21H23N3O5S. The molecule has 8 nitrogen and oxygen atoms in total. The van der Waals surface area contributed by atoms with Crippen molar-refractivity contribution in [2.24, 2.45) is 0 Å². The lowest BCUT2D eigenvalue weighted by molar-refractivity contribution is -0.113. The van der Waals surface area contributed by atoms with E-state index in [9.17, 15) is 9.59 Å². The number of benzene rings is 2. The van der Waals surface area contributed by atoms with Crippen molar-refractivity contribution in [2.75, 3.05) is 39.0 Å². The lowest BCUT2D eigenvalue weighted by Crippen LogP contribution is -2.26. The van der Waals surface area contributed by atoms with Gasteiger partial charge in [0.25, 0.3) is 5.56 Å². The topological polar surface area (TPSA) is 91.7 Å². The zero-order valence-electron chi connectivity index (χ0n) is 17.0. The maximum atomic E-state index is 12.9. The van der Waals surface area contributed by atoms with Crippen LogP contribution in [0.2, 0.25) is 0 Å². The maximum absolute atomic E-state index is 12.9. The number of fused-ring (bicyclic) bond motifs is 1. The number of nitrogens with one attached hydrogen (secondary N) is 1. The predicted octanol–water partition coefficient (Wildman–Crippen LogP) is 2.79. The molecule has 1 heterocycles. The summed E-state index contributed by atoms with van der Waals surface area (Å²) in [5.74, 6) is 0.934. The molecular weight excluding hydrogens is 406 g/mol. The molecule has 0 saturated carbocycles. The van der Waals surface area contributed by atoms with Gasteiger partial charge in [-0.3, -0.25) is 14.2 Å². The highest BCUT2D eigenvalue weighted by atomic mass is 32.2. The summed E-state index contributed by atoms with van der Waals surface area (Å²) in [5.41, 5.74) is 0.939. The van der Waals surface area contributed by atoms with Crippen molar-refractivity contribution in [3.05, 3.63) is 52.8 Å². The first-order chi connectivity index (χ1) is 14.6. The second-order valence-electron chi connectivity index (χ2n) is 6.26. The van der Waals surface area contributed by atoms with Gasteiger partial charge in [-0.1, -0.05) is 23.9 Å². The first-order valence-electron chi connectivity index (χ1n) is 9.20. The molecule has 3 aromatic rings. The van der Waals surface area contributed by atoms with Crippen LogP contribution in [0.15, 0.2) is 52.4 Å². The third-order valence-corrected chi connectivity index (χ3v) is 5.34. The van der Waals surface area contributed by atoms with Crippen LogP contribution in [0.3, 0.4) is 0 Å². The fraction of sp³-hybridized carbons (Fsp3) is 0.286. The molecule has 158 valence electrons. The smallest absolute Gasteiger partial charge is 0.262 e. The number of anilines is 1. The van der Waals surface area contributed by atoms with Crippen molar-refractivity contribution in [1.29, 1.82) is 0 Å². The van der Waals surface area contributed by atoms with Crippen LogP contribution in [0.5, 0.6) is 11.5 Å². The standard InChI is InChI=1S/C21H23N3O5S/c1-27-11-10-24-20(26)15-6-4-5-7-16(15)23-21(24)30-13-19(25)22-17-12-14(28-2)8-9-18(17)29-3/h4-9,12H,10-11,13H2,1-3H3,(H,22,25). The van der Waals surface area contributed by atoms with Crippen LogP contribution in [0.1, 0.15) is 0 Å². The van der Waals surface area contributed by atoms with Crippen molar-refractivity contribution in [2.45, 2.75) is 11.7 Å². The molecule has 30 heavy (non-hydrogen) atoms. The molecule has 0 aliphatic carbocycles. The Morgan fingerprint density at radius 3 is 2.67 bits per heavy atom. The summed E-state index contributed by atoms with van der Waals surface area (Å²) in [7, 11) is 4.65. The molecule has 0 aliphatic heterocycles. The van der Waals surface area contributed by atoms with Gasteiger partial charge in [0.2, 0.25) is 5.91 Å². The number of hydrogen-bond acceptors (Lipinski definition) is 7. The number of aromatic nitrogens is 2. The van der Waals surface area contributed by atoms with E-state index in [0.717, 1.165) is 0 Å². The highest BCUT2D eigenvalue weighted by Gasteiger charge is 2.14. The Morgan fingerprint density at radius 1 is 1.13 bits per heavy atom. The van der Waals surface area contributed by atoms with Gasteiger partial charge in [-0.05, 0) is 24.3 Å². The van der Waals surface area contributed by atoms with Gasteiger partial charge in [0, 0.05) is 13.2 Å². The molecule has 3 rings (SSSR count). The minimum atomic E-state index is -0.257. The molecule has 0 aliphatic rings. The summed E-state index contributed by atoms with van der Waals surface area (Å²) in [4.78, 5) is 30.0. The predicted molar refractivity (Wildman–Crippen MR) is 117 cm³/mol. The number of amides is 1. The summed E-state index contributed by atoms with van der Waals surface area (Å²) in [6.07, 6.45) is 0. The van der Waals surface area contributed by atoms with Gasteiger partial charge in [-0.2, -0.15) is 0 Å². The minimum Gasteiger partial charge on any atom is -0.497 e. The molecule has 1 aromatic heterocycles. The van der Waals surface area contributed by atoms with Crippen LogP contribution in [-0.2, 0) is 16.1 Å². The van der Waals surface area contributed by atoms with Crippen molar-refractivity contribution in [3.63, 3.8) is 0 Å². The van der Waals surface area contributed by atoms with Gasteiger partial charge in [-0.15, -0.1) is 0 Å². The molecule has 0 spiro atoms. The summed E-state index contributed by atoms with van der Waals surface area (Å²) in [6, 6.07) is 12.3. The first-order valence-corrected chi connectivity index (χ1v) is 10.2. The molecule has 0 unspecified atom stereocenters. The second kappa shape index (κ2) is 10.1. The van der Waals surface area contributed by atoms with Crippen LogP contribution in [0.4, 0.5) is 5.69 Å². The third kappa shape index (κ3) is 4.92. The van der Waals surface area contributed by atoms with Gasteiger partial charge in [-0.25, -0.2) is 4.98 Å². The Bertz CT molecular complexity index is 1100. The summed E-state index contributed by atoms with van der Waals surface area (Å²) in [6.45, 7) is 0.710. The number of nitrogens with zero attached hydrogens (tertiary/aromatic N) is 2. The monoisotopic (exact) mass is 429 g/mol. The lowest BCUT2D eigenvalue weighted by atomic mass is 10.2. The van der Waals surface area contributed by atoms with Gasteiger partial charge in [0.15, 0.2) is 5.16 Å².